The van der Waals surface area contributed by atoms with Crippen LogP contribution in [0.4, 0.5) is 0 Å². The van der Waals surface area contributed by atoms with E-state index < -0.39 is 0 Å². The zero-order valence-electron chi connectivity index (χ0n) is 13.0. The predicted octanol–water partition coefficient (Wildman–Crippen LogP) is 3.08. The molecule has 0 heterocycles. The first-order valence-corrected chi connectivity index (χ1v) is 6.97. The van der Waals surface area contributed by atoms with Crippen LogP contribution in [-0.2, 0) is 9.53 Å². The SMILES string of the molecule is CCO[C@@H]1C[C@H](N(C)C(=O)CC(C)(C)C)C1(C)C. The Morgan fingerprint density at radius 2 is 1.94 bits per heavy atom. The molecule has 0 bridgehead atoms. The zero-order valence-corrected chi connectivity index (χ0v) is 13.0. The third kappa shape index (κ3) is 3.25. The molecule has 1 aliphatic carbocycles. The highest BCUT2D eigenvalue weighted by Gasteiger charge is 2.51. The largest absolute Gasteiger partial charge is 0.378 e. The first-order chi connectivity index (χ1) is 8.09. The van der Waals surface area contributed by atoms with Crippen LogP contribution in [0.1, 0.15) is 54.4 Å². The summed E-state index contributed by atoms with van der Waals surface area (Å²) < 4.78 is 5.72. The fourth-order valence-corrected chi connectivity index (χ4v) is 2.76. The summed E-state index contributed by atoms with van der Waals surface area (Å²) in [7, 11) is 1.93. The molecule has 1 aliphatic rings. The minimum Gasteiger partial charge on any atom is -0.378 e. The van der Waals surface area contributed by atoms with Crippen molar-refractivity contribution in [1.82, 2.24) is 4.90 Å². The summed E-state index contributed by atoms with van der Waals surface area (Å²) in [6.07, 6.45) is 1.86. The Bertz CT molecular complexity index is 304. The lowest BCUT2D eigenvalue weighted by Gasteiger charge is -2.55. The van der Waals surface area contributed by atoms with Crippen molar-refractivity contribution in [2.75, 3.05) is 13.7 Å². The van der Waals surface area contributed by atoms with Gasteiger partial charge in [-0.2, -0.15) is 0 Å². The lowest BCUT2D eigenvalue weighted by atomic mass is 9.63. The Labute approximate surface area is 112 Å². The van der Waals surface area contributed by atoms with Gasteiger partial charge in [0.1, 0.15) is 0 Å². The van der Waals surface area contributed by atoms with Crippen molar-refractivity contribution in [3.8, 4) is 0 Å². The van der Waals surface area contributed by atoms with E-state index in [-0.39, 0.29) is 22.8 Å². The minimum atomic E-state index is 0.0541. The first-order valence-electron chi connectivity index (χ1n) is 6.97. The molecular weight excluding hydrogens is 226 g/mol. The highest BCUT2D eigenvalue weighted by Crippen LogP contribution is 2.45. The summed E-state index contributed by atoms with van der Waals surface area (Å²) in [6, 6.07) is 0.309. The van der Waals surface area contributed by atoms with Gasteiger partial charge in [-0.05, 0) is 18.8 Å². The molecule has 1 saturated carbocycles. The van der Waals surface area contributed by atoms with E-state index in [4.69, 9.17) is 4.74 Å². The number of carbonyl (C=O) groups excluding carboxylic acids is 1. The second-order valence-corrected chi connectivity index (χ2v) is 7.26. The molecule has 0 aromatic rings. The average Bonchev–Trinajstić information content (AvgIpc) is 2.20. The van der Waals surface area contributed by atoms with Crippen LogP contribution in [0.15, 0.2) is 0 Å². The van der Waals surface area contributed by atoms with E-state index in [2.05, 4.69) is 34.6 Å². The van der Waals surface area contributed by atoms with Gasteiger partial charge in [-0.3, -0.25) is 4.79 Å². The van der Waals surface area contributed by atoms with Crippen molar-refractivity contribution in [2.45, 2.75) is 66.5 Å². The van der Waals surface area contributed by atoms with E-state index in [0.29, 0.717) is 12.5 Å². The summed E-state index contributed by atoms with van der Waals surface area (Å²) in [4.78, 5) is 14.2. The maximum atomic E-state index is 12.2. The van der Waals surface area contributed by atoms with Crippen LogP contribution in [0, 0.1) is 10.8 Å². The molecule has 3 nitrogen and oxygen atoms in total. The summed E-state index contributed by atoms with van der Waals surface area (Å²) in [5.41, 5.74) is 0.122. The van der Waals surface area contributed by atoms with Crippen molar-refractivity contribution in [1.29, 1.82) is 0 Å². The Morgan fingerprint density at radius 1 is 1.39 bits per heavy atom. The van der Waals surface area contributed by atoms with Crippen LogP contribution < -0.4 is 0 Å². The van der Waals surface area contributed by atoms with Gasteiger partial charge in [-0.15, -0.1) is 0 Å². The van der Waals surface area contributed by atoms with Gasteiger partial charge in [0, 0.05) is 31.5 Å². The second-order valence-electron chi connectivity index (χ2n) is 7.26. The standard InChI is InChI=1S/C15H29NO2/c1-8-18-12-9-11(15(12,5)6)16(7)13(17)10-14(2,3)4/h11-12H,8-10H2,1-7H3/t11-,12+/m0/s1. The van der Waals surface area contributed by atoms with Crippen molar-refractivity contribution < 1.29 is 9.53 Å². The number of ether oxygens (including phenoxy) is 1. The molecule has 0 aromatic heterocycles. The molecule has 0 spiro atoms. The molecule has 3 heteroatoms. The van der Waals surface area contributed by atoms with Gasteiger partial charge >= 0.3 is 0 Å². The highest BCUT2D eigenvalue weighted by atomic mass is 16.5. The summed E-state index contributed by atoms with van der Waals surface area (Å²) in [5.74, 6) is 0.246. The van der Waals surface area contributed by atoms with E-state index in [1.54, 1.807) is 0 Å². The van der Waals surface area contributed by atoms with E-state index in [0.717, 1.165) is 13.0 Å². The lowest BCUT2D eigenvalue weighted by molar-refractivity contribution is -0.164. The molecule has 0 aliphatic heterocycles. The van der Waals surface area contributed by atoms with Gasteiger partial charge in [0.05, 0.1) is 6.10 Å². The van der Waals surface area contributed by atoms with Crippen LogP contribution in [0.5, 0.6) is 0 Å². The fraction of sp³-hybridized carbons (Fsp3) is 0.933. The summed E-state index contributed by atoms with van der Waals surface area (Å²) in [5, 5.41) is 0. The van der Waals surface area contributed by atoms with E-state index in [9.17, 15) is 4.79 Å². The third-order valence-corrected chi connectivity index (χ3v) is 4.04. The van der Waals surface area contributed by atoms with Crippen LogP contribution in [-0.4, -0.2) is 36.6 Å². The molecule has 0 saturated heterocycles. The lowest BCUT2D eigenvalue weighted by Crippen LogP contribution is -2.62. The molecule has 0 unspecified atom stereocenters. The van der Waals surface area contributed by atoms with Crippen LogP contribution in [0.3, 0.4) is 0 Å². The fourth-order valence-electron chi connectivity index (χ4n) is 2.76. The third-order valence-electron chi connectivity index (χ3n) is 4.04. The number of carbonyl (C=O) groups is 1. The monoisotopic (exact) mass is 255 g/mol. The van der Waals surface area contributed by atoms with E-state index in [1.807, 2.05) is 18.9 Å². The molecule has 106 valence electrons. The Hall–Kier alpha value is -0.570. The normalized spacial score (nSPS) is 26.6. The summed E-state index contributed by atoms with van der Waals surface area (Å²) in [6.45, 7) is 13.5. The number of rotatable bonds is 4. The number of amides is 1. The number of hydrogen-bond donors (Lipinski definition) is 0. The Morgan fingerprint density at radius 3 is 2.33 bits per heavy atom. The molecule has 18 heavy (non-hydrogen) atoms. The molecule has 1 amide bonds. The molecule has 1 fully saturated rings. The maximum absolute atomic E-state index is 12.2. The maximum Gasteiger partial charge on any atom is 0.223 e. The molecule has 1 rings (SSSR count). The Balaban J connectivity index is 2.59. The van der Waals surface area contributed by atoms with Crippen molar-refractivity contribution >= 4 is 5.91 Å². The molecule has 0 radical (unpaired) electrons. The summed E-state index contributed by atoms with van der Waals surface area (Å²) >= 11 is 0. The van der Waals surface area contributed by atoms with Crippen LogP contribution >= 0.6 is 0 Å². The van der Waals surface area contributed by atoms with Gasteiger partial charge < -0.3 is 9.64 Å². The van der Waals surface area contributed by atoms with Gasteiger partial charge in [0.25, 0.3) is 0 Å². The molecule has 0 aromatic carbocycles. The van der Waals surface area contributed by atoms with Crippen molar-refractivity contribution in [3.63, 3.8) is 0 Å². The topological polar surface area (TPSA) is 29.5 Å². The zero-order chi connectivity index (χ0) is 14.1. The van der Waals surface area contributed by atoms with Crippen LogP contribution in [0.25, 0.3) is 0 Å². The van der Waals surface area contributed by atoms with Crippen molar-refractivity contribution in [2.24, 2.45) is 10.8 Å². The second kappa shape index (κ2) is 5.20. The Kier molecular flexibility index (Phi) is 4.47. The van der Waals surface area contributed by atoms with Gasteiger partial charge in [0.15, 0.2) is 0 Å². The van der Waals surface area contributed by atoms with E-state index >= 15 is 0 Å². The molecule has 2 atom stereocenters. The number of nitrogens with zero attached hydrogens (tertiary/aromatic N) is 1. The van der Waals surface area contributed by atoms with Crippen molar-refractivity contribution in [3.05, 3.63) is 0 Å². The quantitative estimate of drug-likeness (QED) is 0.772. The average molecular weight is 255 g/mol. The molecular formula is C15H29NO2. The first kappa shape index (κ1) is 15.5. The molecule has 0 N–H and O–H groups in total. The minimum absolute atomic E-state index is 0.0541. The smallest absolute Gasteiger partial charge is 0.223 e. The van der Waals surface area contributed by atoms with E-state index in [1.165, 1.54) is 0 Å². The van der Waals surface area contributed by atoms with Crippen LogP contribution in [0.2, 0.25) is 0 Å². The van der Waals surface area contributed by atoms with Gasteiger partial charge in [0.2, 0.25) is 5.91 Å². The number of hydrogen-bond acceptors (Lipinski definition) is 2. The highest BCUT2D eigenvalue weighted by molar-refractivity contribution is 5.77. The van der Waals surface area contributed by atoms with Gasteiger partial charge in [-0.1, -0.05) is 34.6 Å². The predicted molar refractivity (Wildman–Crippen MR) is 74.4 cm³/mol. The van der Waals surface area contributed by atoms with Gasteiger partial charge in [-0.25, -0.2) is 0 Å².